The summed E-state index contributed by atoms with van der Waals surface area (Å²) in [6, 6.07) is 1.36. The first-order valence-corrected chi connectivity index (χ1v) is 7.73. The molecule has 0 radical (unpaired) electrons. The topological polar surface area (TPSA) is 24.5 Å². The number of likely N-dealkylation sites (N-methyl/N-ethyl adjacent to an activating group) is 1. The van der Waals surface area contributed by atoms with E-state index < -0.39 is 0 Å². The van der Waals surface area contributed by atoms with Gasteiger partial charge >= 0.3 is 0 Å². The van der Waals surface area contributed by atoms with Crippen LogP contribution in [-0.4, -0.2) is 50.3 Å². The summed E-state index contributed by atoms with van der Waals surface area (Å²) in [5.41, 5.74) is 0. The Bertz CT molecular complexity index is 205. The molecule has 0 aromatic heterocycles. The van der Waals surface area contributed by atoms with E-state index in [1.807, 2.05) is 7.11 Å². The highest BCUT2D eigenvalue weighted by atomic mass is 16.5. The molecule has 0 spiro atoms. The van der Waals surface area contributed by atoms with Gasteiger partial charge in [0.05, 0.1) is 6.61 Å². The summed E-state index contributed by atoms with van der Waals surface area (Å²) in [5, 5.41) is 3.69. The summed E-state index contributed by atoms with van der Waals surface area (Å²) in [6.45, 7) is 11.3. The van der Waals surface area contributed by atoms with E-state index in [0.717, 1.165) is 19.1 Å². The highest BCUT2D eigenvalue weighted by molar-refractivity contribution is 4.88. The van der Waals surface area contributed by atoms with Crippen molar-refractivity contribution >= 4 is 0 Å². The van der Waals surface area contributed by atoms with Gasteiger partial charge in [0.1, 0.15) is 0 Å². The third kappa shape index (κ3) is 4.52. The minimum absolute atomic E-state index is 0.659. The molecule has 1 aliphatic heterocycles. The van der Waals surface area contributed by atoms with E-state index in [1.165, 1.54) is 38.8 Å². The molecular formula is C15H32N2O. The summed E-state index contributed by atoms with van der Waals surface area (Å²) in [4.78, 5) is 2.69. The molecule has 1 N–H and O–H groups in total. The smallest absolute Gasteiger partial charge is 0.0503 e. The number of ether oxygens (including phenoxy) is 1. The molecular weight excluding hydrogens is 224 g/mol. The van der Waals surface area contributed by atoms with Crippen LogP contribution in [0.4, 0.5) is 0 Å². The monoisotopic (exact) mass is 256 g/mol. The Balaban J connectivity index is 2.53. The zero-order chi connectivity index (χ0) is 13.4. The molecule has 0 saturated carbocycles. The van der Waals surface area contributed by atoms with Crippen molar-refractivity contribution in [3.8, 4) is 0 Å². The minimum atomic E-state index is 0.659. The predicted molar refractivity (Wildman–Crippen MR) is 78.0 cm³/mol. The average Bonchev–Trinajstić information content (AvgIpc) is 2.80. The Morgan fingerprint density at radius 1 is 1.33 bits per heavy atom. The SMILES string of the molecule is CCCC(NCC)C(CC)N1CCC(COC)C1. The maximum absolute atomic E-state index is 5.30. The molecule has 3 nitrogen and oxygen atoms in total. The van der Waals surface area contributed by atoms with Crippen molar-refractivity contribution in [2.24, 2.45) is 5.92 Å². The Morgan fingerprint density at radius 2 is 2.11 bits per heavy atom. The molecule has 3 heteroatoms. The lowest BCUT2D eigenvalue weighted by Crippen LogP contribution is -2.49. The van der Waals surface area contributed by atoms with Crippen LogP contribution in [0.25, 0.3) is 0 Å². The maximum atomic E-state index is 5.30. The molecule has 0 amide bonds. The van der Waals surface area contributed by atoms with Crippen molar-refractivity contribution in [2.75, 3.05) is 33.4 Å². The van der Waals surface area contributed by atoms with E-state index >= 15 is 0 Å². The number of nitrogens with zero attached hydrogens (tertiary/aromatic N) is 1. The van der Waals surface area contributed by atoms with Gasteiger partial charge in [-0.05, 0) is 38.3 Å². The van der Waals surface area contributed by atoms with Crippen LogP contribution in [0, 0.1) is 5.92 Å². The van der Waals surface area contributed by atoms with Gasteiger partial charge in [-0.3, -0.25) is 4.90 Å². The zero-order valence-corrected chi connectivity index (χ0v) is 12.7. The molecule has 0 bridgehead atoms. The van der Waals surface area contributed by atoms with Crippen LogP contribution < -0.4 is 5.32 Å². The lowest BCUT2D eigenvalue weighted by atomic mass is 9.99. The number of hydrogen-bond acceptors (Lipinski definition) is 3. The van der Waals surface area contributed by atoms with Crippen LogP contribution in [0.5, 0.6) is 0 Å². The first kappa shape index (κ1) is 15.9. The molecule has 108 valence electrons. The lowest BCUT2D eigenvalue weighted by molar-refractivity contribution is 0.135. The zero-order valence-electron chi connectivity index (χ0n) is 12.7. The van der Waals surface area contributed by atoms with E-state index in [-0.39, 0.29) is 0 Å². The van der Waals surface area contributed by atoms with Gasteiger partial charge < -0.3 is 10.1 Å². The Morgan fingerprint density at radius 3 is 2.67 bits per heavy atom. The van der Waals surface area contributed by atoms with E-state index in [1.54, 1.807) is 0 Å². The molecule has 3 unspecified atom stereocenters. The normalized spacial score (nSPS) is 24.3. The molecule has 1 fully saturated rings. The molecule has 0 aromatic rings. The second kappa shape index (κ2) is 8.89. The van der Waals surface area contributed by atoms with Crippen LogP contribution >= 0.6 is 0 Å². The second-order valence-electron chi connectivity index (χ2n) is 5.53. The third-order valence-electron chi connectivity index (χ3n) is 4.14. The van der Waals surface area contributed by atoms with Crippen LogP contribution in [0.2, 0.25) is 0 Å². The summed E-state index contributed by atoms with van der Waals surface area (Å²) >= 11 is 0. The Labute approximate surface area is 113 Å². The van der Waals surface area contributed by atoms with Gasteiger partial charge in [-0.15, -0.1) is 0 Å². The van der Waals surface area contributed by atoms with E-state index in [9.17, 15) is 0 Å². The van der Waals surface area contributed by atoms with Crippen molar-refractivity contribution in [2.45, 2.75) is 58.5 Å². The van der Waals surface area contributed by atoms with Crippen LogP contribution in [0.15, 0.2) is 0 Å². The van der Waals surface area contributed by atoms with Gasteiger partial charge in [-0.2, -0.15) is 0 Å². The van der Waals surface area contributed by atoms with Gasteiger partial charge in [0, 0.05) is 25.7 Å². The molecule has 0 aliphatic carbocycles. The van der Waals surface area contributed by atoms with Gasteiger partial charge in [0.2, 0.25) is 0 Å². The summed E-state index contributed by atoms with van der Waals surface area (Å²) in [7, 11) is 1.82. The fourth-order valence-corrected chi connectivity index (χ4v) is 3.34. The van der Waals surface area contributed by atoms with Crippen LogP contribution in [0.3, 0.4) is 0 Å². The number of nitrogens with one attached hydrogen (secondary N) is 1. The van der Waals surface area contributed by atoms with Gasteiger partial charge in [0.15, 0.2) is 0 Å². The van der Waals surface area contributed by atoms with Crippen LogP contribution in [0.1, 0.15) is 46.5 Å². The second-order valence-corrected chi connectivity index (χ2v) is 5.53. The van der Waals surface area contributed by atoms with E-state index in [4.69, 9.17) is 4.74 Å². The lowest BCUT2D eigenvalue weighted by Gasteiger charge is -2.34. The Hall–Kier alpha value is -0.120. The summed E-state index contributed by atoms with van der Waals surface area (Å²) < 4.78 is 5.30. The fourth-order valence-electron chi connectivity index (χ4n) is 3.34. The number of methoxy groups -OCH3 is 1. The average molecular weight is 256 g/mol. The minimum Gasteiger partial charge on any atom is -0.384 e. The molecule has 0 aromatic carbocycles. The van der Waals surface area contributed by atoms with Crippen LogP contribution in [-0.2, 0) is 4.74 Å². The first-order chi connectivity index (χ1) is 8.76. The molecule has 1 rings (SSSR count). The molecule has 3 atom stereocenters. The molecule has 1 aliphatic rings. The van der Waals surface area contributed by atoms with Crippen molar-refractivity contribution < 1.29 is 4.74 Å². The predicted octanol–water partition coefficient (Wildman–Crippen LogP) is 2.51. The quantitative estimate of drug-likeness (QED) is 0.686. The molecule has 1 saturated heterocycles. The Kier molecular flexibility index (Phi) is 7.87. The van der Waals surface area contributed by atoms with Crippen molar-refractivity contribution in [1.82, 2.24) is 10.2 Å². The highest BCUT2D eigenvalue weighted by Gasteiger charge is 2.31. The number of likely N-dealkylation sites (tertiary alicyclic amines) is 1. The summed E-state index contributed by atoms with van der Waals surface area (Å²) in [5.74, 6) is 0.743. The van der Waals surface area contributed by atoms with E-state index in [2.05, 4.69) is 31.0 Å². The fraction of sp³-hybridized carbons (Fsp3) is 1.00. The first-order valence-electron chi connectivity index (χ1n) is 7.73. The number of rotatable bonds is 9. The van der Waals surface area contributed by atoms with Gasteiger partial charge in [-0.1, -0.05) is 27.2 Å². The van der Waals surface area contributed by atoms with Gasteiger partial charge in [-0.25, -0.2) is 0 Å². The van der Waals surface area contributed by atoms with Gasteiger partial charge in [0.25, 0.3) is 0 Å². The largest absolute Gasteiger partial charge is 0.384 e. The molecule has 1 heterocycles. The third-order valence-corrected chi connectivity index (χ3v) is 4.14. The van der Waals surface area contributed by atoms with Crippen molar-refractivity contribution in [3.63, 3.8) is 0 Å². The van der Waals surface area contributed by atoms with E-state index in [0.29, 0.717) is 12.1 Å². The van der Waals surface area contributed by atoms with Crippen molar-refractivity contribution in [3.05, 3.63) is 0 Å². The maximum Gasteiger partial charge on any atom is 0.0503 e. The van der Waals surface area contributed by atoms with Crippen molar-refractivity contribution in [1.29, 1.82) is 0 Å². The molecule has 18 heavy (non-hydrogen) atoms. The summed E-state index contributed by atoms with van der Waals surface area (Å²) in [6.07, 6.45) is 5.11. The number of hydrogen-bond donors (Lipinski definition) is 1. The highest BCUT2D eigenvalue weighted by Crippen LogP contribution is 2.23. The standard InChI is InChI=1S/C15H32N2O/c1-5-8-14(16-7-3)15(6-2)17-10-9-13(11-17)12-18-4/h13-16H,5-12H2,1-4H3.